The maximum atomic E-state index is 6.97. The molecule has 10 nitrogen and oxygen atoms in total. The molecule has 0 saturated carbocycles. The van der Waals surface area contributed by atoms with Crippen molar-refractivity contribution < 1.29 is 18.9 Å². The summed E-state index contributed by atoms with van der Waals surface area (Å²) in [5.41, 5.74) is 9.98. The molecule has 0 radical (unpaired) electrons. The minimum absolute atomic E-state index is 0.616. The molecule has 488 valence electrons. The number of unbranched alkanes of at least 4 members (excludes halogenated alkanes) is 36. The van der Waals surface area contributed by atoms with E-state index in [1.165, 1.54) is 205 Å². The van der Waals surface area contributed by atoms with Crippen molar-refractivity contribution in [1.82, 2.24) is 29.9 Å². The van der Waals surface area contributed by atoms with Gasteiger partial charge in [-0.25, -0.2) is 19.9 Å². The van der Waals surface area contributed by atoms with Gasteiger partial charge in [-0.2, -0.15) is 0 Å². The predicted molar refractivity (Wildman–Crippen MR) is 385 cm³/mol. The van der Waals surface area contributed by atoms with Crippen molar-refractivity contribution in [3.8, 4) is 23.0 Å². The zero-order chi connectivity index (χ0) is 62.2. The molecule has 7 heterocycles. The van der Waals surface area contributed by atoms with Crippen molar-refractivity contribution in [2.75, 3.05) is 26.4 Å². The van der Waals surface area contributed by atoms with Gasteiger partial charge in [-0.15, -0.1) is 0 Å². The van der Waals surface area contributed by atoms with Gasteiger partial charge in [-0.1, -0.05) is 259 Å². The topological polar surface area (TPSA) is 120 Å². The summed E-state index contributed by atoms with van der Waals surface area (Å²) in [5.74, 6) is 3.06. The fraction of sp³-hybridized carbons (Fsp3) is 0.600. The highest BCUT2D eigenvalue weighted by Gasteiger charge is 2.23. The summed E-state index contributed by atoms with van der Waals surface area (Å²) in [4.78, 5) is 29.7. The Morgan fingerprint density at radius 2 is 0.400 bits per heavy atom. The highest BCUT2D eigenvalue weighted by atomic mass is 16.5. The van der Waals surface area contributed by atoms with Crippen LogP contribution >= 0.6 is 0 Å². The fourth-order valence-corrected chi connectivity index (χ4v) is 13.4. The van der Waals surface area contributed by atoms with E-state index in [9.17, 15) is 0 Å². The summed E-state index contributed by atoms with van der Waals surface area (Å²) in [5, 5.41) is 3.64. The van der Waals surface area contributed by atoms with Gasteiger partial charge in [-0.05, 0) is 98.5 Å². The van der Waals surface area contributed by atoms with Crippen LogP contribution in [0.5, 0.6) is 23.0 Å². The molecular formula is C80H114N6O4. The minimum atomic E-state index is 0.616. The molecule has 0 aliphatic rings. The van der Waals surface area contributed by atoms with E-state index in [0.717, 1.165) is 162 Å². The van der Waals surface area contributed by atoms with Crippen LogP contribution in [-0.4, -0.2) is 56.3 Å². The summed E-state index contributed by atoms with van der Waals surface area (Å²) in [6.45, 7) is 11.6. The Morgan fingerprint density at radius 1 is 0.222 bits per heavy atom. The first-order chi connectivity index (χ1) is 44.6. The first-order valence-corrected chi connectivity index (χ1v) is 37.1. The smallest absolute Gasteiger partial charge is 0.171 e. The Bertz CT molecular complexity index is 3120. The second kappa shape index (κ2) is 38.6. The number of hydrogen-bond acceptors (Lipinski definition) is 8. The molecule has 7 aromatic heterocycles. The second-order valence-electron chi connectivity index (χ2n) is 26.4. The molecule has 9 rings (SSSR count). The Labute approximate surface area is 540 Å². The van der Waals surface area contributed by atoms with Crippen molar-refractivity contribution in [3.63, 3.8) is 0 Å². The van der Waals surface area contributed by atoms with E-state index in [4.69, 9.17) is 38.9 Å². The number of pyridine rings is 4. The van der Waals surface area contributed by atoms with Gasteiger partial charge in [0.2, 0.25) is 0 Å². The van der Waals surface area contributed by atoms with Crippen LogP contribution in [0.25, 0.3) is 87.7 Å². The molecule has 0 aliphatic carbocycles. The van der Waals surface area contributed by atoms with Crippen LogP contribution in [-0.2, 0) is 0 Å². The lowest BCUT2D eigenvalue weighted by Crippen LogP contribution is -2.05. The number of ether oxygens (including phenoxy) is 4. The molecule has 2 aromatic carbocycles. The molecule has 2 N–H and O–H groups in total. The Balaban J connectivity index is 1.06. The van der Waals surface area contributed by atoms with E-state index in [2.05, 4.69) is 110 Å². The maximum Gasteiger partial charge on any atom is 0.171 e. The van der Waals surface area contributed by atoms with E-state index >= 15 is 0 Å². The molecule has 0 aliphatic heterocycles. The van der Waals surface area contributed by atoms with Crippen LogP contribution in [0.15, 0.2) is 72.8 Å². The number of nitrogens with zero attached hydrogens (tertiary/aromatic N) is 4. The number of fused-ring (bicyclic) bond motifs is 12. The number of nitrogens with one attached hydrogen (secondary N) is 2. The van der Waals surface area contributed by atoms with Gasteiger partial charge in [-0.3, -0.25) is 0 Å². The Kier molecular flexibility index (Phi) is 29.3. The molecule has 12 bridgehead atoms. The summed E-state index contributed by atoms with van der Waals surface area (Å²) in [7, 11) is 0. The normalized spacial score (nSPS) is 12.0. The molecule has 0 atom stereocenters. The molecule has 0 saturated heterocycles. The third kappa shape index (κ3) is 19.9. The van der Waals surface area contributed by atoms with Crippen LogP contribution in [0.2, 0.25) is 0 Å². The van der Waals surface area contributed by atoms with E-state index in [1.54, 1.807) is 0 Å². The van der Waals surface area contributed by atoms with E-state index in [0.29, 0.717) is 26.4 Å². The Morgan fingerprint density at radius 3 is 0.589 bits per heavy atom. The average Bonchev–Trinajstić information content (AvgIpc) is 1.00. The Hall–Kier alpha value is -6.16. The average molecular weight is 1220 g/mol. The zero-order valence-electron chi connectivity index (χ0n) is 56.5. The summed E-state index contributed by atoms with van der Waals surface area (Å²) in [6, 6.07) is 25.7. The van der Waals surface area contributed by atoms with E-state index < -0.39 is 0 Å². The highest BCUT2D eigenvalue weighted by Crippen LogP contribution is 2.46. The summed E-state index contributed by atoms with van der Waals surface area (Å²) >= 11 is 0. The molecule has 0 spiro atoms. The third-order valence-corrected chi connectivity index (χ3v) is 18.9. The monoisotopic (exact) mass is 1220 g/mol. The molecule has 0 amide bonds. The van der Waals surface area contributed by atoms with Gasteiger partial charge >= 0.3 is 0 Å². The fourth-order valence-electron chi connectivity index (χ4n) is 13.4. The zero-order valence-corrected chi connectivity index (χ0v) is 56.5. The standard InChI is InChI=1S/C80H114N6O4/c1-5-9-13-17-21-25-29-33-37-41-57-87-77-61-45-49-69-65-53-54-67(81-65)71-51-47-63-75(85-71)76-64(80(90-60-44-40-36-32-28-24-20-16-12-8-4)79(63)89-59-43-39-35-31-27-23-19-15-11-7-3)48-52-72(86-76)68-56-55-66(82-68)70-50-46-62(74(84-70)73(61)83-69)78(77)88-58-42-38-34-30-26-22-18-14-10-6-2/h45-56,81-82H,5-44,57-60H2,1-4H3. The van der Waals surface area contributed by atoms with E-state index in [-0.39, 0.29) is 0 Å². The summed E-state index contributed by atoms with van der Waals surface area (Å²) < 4.78 is 27.9. The van der Waals surface area contributed by atoms with Crippen LogP contribution in [0.4, 0.5) is 0 Å². The van der Waals surface area contributed by atoms with Crippen molar-refractivity contribution in [2.24, 2.45) is 0 Å². The molecule has 0 fully saturated rings. The van der Waals surface area contributed by atoms with Crippen molar-refractivity contribution in [3.05, 3.63) is 72.8 Å². The molecule has 90 heavy (non-hydrogen) atoms. The van der Waals surface area contributed by atoms with Gasteiger partial charge in [0, 0.05) is 21.5 Å². The number of aromatic nitrogens is 6. The first kappa shape index (κ1) is 68.2. The molecular weight excluding hydrogens is 1110 g/mol. The maximum absolute atomic E-state index is 6.97. The van der Waals surface area contributed by atoms with Crippen molar-refractivity contribution >= 4 is 87.7 Å². The first-order valence-electron chi connectivity index (χ1n) is 37.1. The van der Waals surface area contributed by atoms with Gasteiger partial charge in [0.1, 0.15) is 22.1 Å². The summed E-state index contributed by atoms with van der Waals surface area (Å²) in [6.07, 6.45) is 50.9. The number of H-pyrrole nitrogens is 2. The quantitative estimate of drug-likeness (QED) is 0.0286. The number of rotatable bonds is 48. The largest absolute Gasteiger partial charge is 0.489 e. The lowest BCUT2D eigenvalue weighted by molar-refractivity contribution is 0.263. The van der Waals surface area contributed by atoms with Crippen molar-refractivity contribution in [1.29, 1.82) is 0 Å². The van der Waals surface area contributed by atoms with Crippen LogP contribution in [0, 0.1) is 0 Å². The van der Waals surface area contributed by atoms with E-state index in [1.807, 2.05) is 0 Å². The SMILES string of the molecule is CCCCCCCCCCCCOc1c(OCCCCCCCCCCCC)c2ccc3nc2c2nc(ccc12)c1ccc([nH]1)c1ccc2c(OCCCCCCCCCCCC)c(OCCCCCCCCCCCC)c4ccc(nc4c2n1)c1ccc3[nH]1. The van der Waals surface area contributed by atoms with Gasteiger partial charge in [0.05, 0.1) is 70.6 Å². The van der Waals surface area contributed by atoms with Crippen LogP contribution in [0.1, 0.15) is 285 Å². The van der Waals surface area contributed by atoms with Gasteiger partial charge in [0.25, 0.3) is 0 Å². The van der Waals surface area contributed by atoms with Gasteiger partial charge < -0.3 is 28.9 Å². The third-order valence-electron chi connectivity index (χ3n) is 18.9. The predicted octanol–water partition coefficient (Wildman–Crippen LogP) is 24.9. The number of hydrogen-bond donors (Lipinski definition) is 2. The molecule has 10 heteroatoms. The minimum Gasteiger partial charge on any atom is -0.489 e. The van der Waals surface area contributed by atoms with Crippen LogP contribution in [0.3, 0.4) is 0 Å². The lowest BCUT2D eigenvalue weighted by atomic mass is 10.1. The molecule has 9 aromatic rings. The molecule has 0 unspecified atom stereocenters. The lowest BCUT2D eigenvalue weighted by Gasteiger charge is -2.18. The number of aromatic amines is 2. The van der Waals surface area contributed by atoms with Crippen LogP contribution < -0.4 is 18.9 Å². The second-order valence-corrected chi connectivity index (χ2v) is 26.4. The highest BCUT2D eigenvalue weighted by molar-refractivity contribution is 6.14. The van der Waals surface area contributed by atoms with Gasteiger partial charge in [0.15, 0.2) is 23.0 Å². The number of benzene rings is 2. The van der Waals surface area contributed by atoms with Crippen molar-refractivity contribution in [2.45, 2.75) is 285 Å².